The molecular weight excluding hydrogens is 242 g/mol. The Balaban J connectivity index is 1.87. The summed E-state index contributed by atoms with van der Waals surface area (Å²) in [6, 6.07) is 2.24. The molecule has 2 heterocycles. The molecule has 0 spiro atoms. The number of nitrogens with one attached hydrogen (secondary N) is 1. The van der Waals surface area contributed by atoms with E-state index in [0.717, 1.165) is 26.1 Å². The minimum absolute atomic E-state index is 0.449. The van der Waals surface area contributed by atoms with Crippen molar-refractivity contribution in [3.63, 3.8) is 0 Å². The largest absolute Gasteiger partial charge is 0.310 e. The molecule has 1 aliphatic heterocycles. The van der Waals surface area contributed by atoms with E-state index in [-0.39, 0.29) is 0 Å². The van der Waals surface area contributed by atoms with Gasteiger partial charge >= 0.3 is 0 Å². The Morgan fingerprint density at radius 2 is 2.33 bits per heavy atom. The first-order chi connectivity index (χ1) is 8.67. The van der Waals surface area contributed by atoms with Crippen LogP contribution in [0, 0.1) is 0 Å². The first kappa shape index (κ1) is 13.9. The van der Waals surface area contributed by atoms with E-state index in [9.17, 15) is 0 Å². The van der Waals surface area contributed by atoms with E-state index >= 15 is 0 Å². The Labute approximate surface area is 115 Å². The quantitative estimate of drug-likeness (QED) is 0.859. The fraction of sp³-hybridized carbons (Fsp3) is 0.786. The molecule has 0 amide bonds. The van der Waals surface area contributed by atoms with Crippen LogP contribution in [0.3, 0.4) is 0 Å². The molecule has 1 unspecified atom stereocenters. The maximum absolute atomic E-state index is 4.59. The van der Waals surface area contributed by atoms with Crippen LogP contribution >= 0.6 is 11.8 Å². The van der Waals surface area contributed by atoms with Crippen molar-refractivity contribution in [2.24, 2.45) is 0 Å². The average Bonchev–Trinajstić information content (AvgIpc) is 2.96. The summed E-state index contributed by atoms with van der Waals surface area (Å²) >= 11 is 2.11. The third-order valence-corrected chi connectivity index (χ3v) is 5.22. The molecule has 0 radical (unpaired) electrons. The van der Waals surface area contributed by atoms with Crippen molar-refractivity contribution in [2.75, 3.05) is 12.3 Å². The van der Waals surface area contributed by atoms with E-state index in [2.05, 4.69) is 53.7 Å². The lowest BCUT2D eigenvalue weighted by atomic mass is 10.1. The van der Waals surface area contributed by atoms with Crippen molar-refractivity contribution >= 4 is 11.8 Å². The molecule has 0 saturated carbocycles. The highest BCUT2D eigenvalue weighted by atomic mass is 32.2. The van der Waals surface area contributed by atoms with Gasteiger partial charge in [0, 0.05) is 24.4 Å². The van der Waals surface area contributed by atoms with Crippen molar-refractivity contribution in [1.82, 2.24) is 15.1 Å². The Morgan fingerprint density at radius 3 is 2.94 bits per heavy atom. The molecule has 4 heteroatoms. The first-order valence-corrected chi connectivity index (χ1v) is 8.05. The highest BCUT2D eigenvalue weighted by Crippen LogP contribution is 2.36. The van der Waals surface area contributed by atoms with Crippen molar-refractivity contribution in [3.8, 4) is 0 Å². The number of aryl methyl sites for hydroxylation is 2. The molecule has 1 aliphatic rings. The second-order valence-corrected chi connectivity index (χ2v) is 6.98. The third kappa shape index (κ3) is 3.29. The number of nitrogens with zero attached hydrogens (tertiary/aromatic N) is 2. The van der Waals surface area contributed by atoms with Crippen molar-refractivity contribution < 1.29 is 0 Å². The lowest BCUT2D eigenvalue weighted by molar-refractivity contribution is 0.516. The van der Waals surface area contributed by atoms with Gasteiger partial charge in [-0.15, -0.1) is 0 Å². The predicted molar refractivity (Wildman–Crippen MR) is 79.1 cm³/mol. The van der Waals surface area contributed by atoms with Gasteiger partial charge in [0.25, 0.3) is 0 Å². The number of hydrogen-bond donors (Lipinski definition) is 1. The average molecular weight is 267 g/mol. The SMILES string of the molecule is CCc1cc(CNCC2(C)CCCS2)n(CC)n1. The number of thioether (sulfide) groups is 1. The second kappa shape index (κ2) is 6.11. The molecule has 1 aromatic rings. The lowest BCUT2D eigenvalue weighted by Crippen LogP contribution is -2.33. The minimum Gasteiger partial charge on any atom is -0.310 e. The third-order valence-electron chi connectivity index (χ3n) is 3.68. The van der Waals surface area contributed by atoms with Crippen LogP contribution in [-0.2, 0) is 19.5 Å². The standard InChI is InChI=1S/C14H25N3S/c1-4-12-9-13(17(5-2)16-12)10-15-11-14(3)7-6-8-18-14/h9,15H,4-8,10-11H2,1-3H3. The highest BCUT2D eigenvalue weighted by Gasteiger charge is 2.28. The van der Waals surface area contributed by atoms with E-state index in [4.69, 9.17) is 0 Å². The Hall–Kier alpha value is -0.480. The first-order valence-electron chi connectivity index (χ1n) is 7.07. The van der Waals surface area contributed by atoms with Gasteiger partial charge < -0.3 is 5.32 Å². The van der Waals surface area contributed by atoms with Crippen LogP contribution in [0.25, 0.3) is 0 Å². The van der Waals surface area contributed by atoms with E-state index in [1.165, 1.54) is 30.0 Å². The summed E-state index contributed by atoms with van der Waals surface area (Å²) in [5, 5.41) is 8.20. The van der Waals surface area contributed by atoms with Crippen LogP contribution in [-0.4, -0.2) is 26.8 Å². The number of hydrogen-bond acceptors (Lipinski definition) is 3. The molecule has 1 saturated heterocycles. The summed E-state index contributed by atoms with van der Waals surface area (Å²) in [6.07, 6.45) is 3.74. The van der Waals surface area contributed by atoms with Gasteiger partial charge in [0.2, 0.25) is 0 Å². The Morgan fingerprint density at radius 1 is 1.50 bits per heavy atom. The van der Waals surface area contributed by atoms with Gasteiger partial charge in [-0.2, -0.15) is 16.9 Å². The van der Waals surface area contributed by atoms with Crippen molar-refractivity contribution in [1.29, 1.82) is 0 Å². The van der Waals surface area contributed by atoms with Gasteiger partial charge in [-0.3, -0.25) is 4.68 Å². The molecule has 1 aromatic heterocycles. The molecular formula is C14H25N3S. The molecule has 102 valence electrons. The normalized spacial score (nSPS) is 23.7. The summed E-state index contributed by atoms with van der Waals surface area (Å²) < 4.78 is 2.57. The molecule has 3 nitrogen and oxygen atoms in total. The number of rotatable bonds is 6. The van der Waals surface area contributed by atoms with Crippen molar-refractivity contribution in [3.05, 3.63) is 17.5 Å². The van der Waals surface area contributed by atoms with Gasteiger partial charge in [0.1, 0.15) is 0 Å². The summed E-state index contributed by atoms with van der Waals surface area (Å²) in [6.45, 7) is 9.71. The molecule has 0 aromatic carbocycles. The maximum atomic E-state index is 4.59. The van der Waals surface area contributed by atoms with Crippen molar-refractivity contribution in [2.45, 2.75) is 57.9 Å². The summed E-state index contributed by atoms with van der Waals surface area (Å²) in [5.74, 6) is 1.32. The highest BCUT2D eigenvalue weighted by molar-refractivity contribution is 8.00. The summed E-state index contributed by atoms with van der Waals surface area (Å²) in [7, 11) is 0. The zero-order valence-corrected chi connectivity index (χ0v) is 12.6. The maximum Gasteiger partial charge on any atom is 0.0625 e. The molecule has 2 rings (SSSR count). The van der Waals surface area contributed by atoms with E-state index in [1.807, 2.05) is 0 Å². The van der Waals surface area contributed by atoms with Gasteiger partial charge in [0.15, 0.2) is 0 Å². The smallest absolute Gasteiger partial charge is 0.0625 e. The molecule has 0 aliphatic carbocycles. The lowest BCUT2D eigenvalue weighted by Gasteiger charge is -2.23. The van der Waals surface area contributed by atoms with Crippen LogP contribution in [0.1, 0.15) is 45.0 Å². The van der Waals surface area contributed by atoms with Crippen LogP contribution in [0.4, 0.5) is 0 Å². The predicted octanol–water partition coefficient (Wildman–Crippen LogP) is 2.84. The molecule has 1 N–H and O–H groups in total. The summed E-state index contributed by atoms with van der Waals surface area (Å²) in [4.78, 5) is 0. The Bertz CT molecular complexity index is 380. The zero-order chi connectivity index (χ0) is 13.0. The Kier molecular flexibility index (Phi) is 4.73. The van der Waals surface area contributed by atoms with Crippen LogP contribution in [0.2, 0.25) is 0 Å². The van der Waals surface area contributed by atoms with Crippen LogP contribution < -0.4 is 5.32 Å². The van der Waals surface area contributed by atoms with E-state index in [1.54, 1.807) is 0 Å². The van der Waals surface area contributed by atoms with E-state index < -0.39 is 0 Å². The number of aromatic nitrogens is 2. The monoisotopic (exact) mass is 267 g/mol. The summed E-state index contributed by atoms with van der Waals surface area (Å²) in [5.41, 5.74) is 2.52. The minimum atomic E-state index is 0.449. The van der Waals surface area contributed by atoms with Gasteiger partial charge in [-0.05, 0) is 44.9 Å². The van der Waals surface area contributed by atoms with Gasteiger partial charge in [-0.25, -0.2) is 0 Å². The fourth-order valence-corrected chi connectivity index (χ4v) is 3.81. The molecule has 1 fully saturated rings. The topological polar surface area (TPSA) is 29.9 Å². The van der Waals surface area contributed by atoms with Gasteiger partial charge in [0.05, 0.1) is 11.4 Å². The molecule has 1 atom stereocenters. The van der Waals surface area contributed by atoms with Gasteiger partial charge in [-0.1, -0.05) is 6.92 Å². The van der Waals surface area contributed by atoms with Crippen LogP contribution in [0.15, 0.2) is 6.07 Å². The second-order valence-electron chi connectivity index (χ2n) is 5.30. The fourth-order valence-electron chi connectivity index (χ4n) is 2.54. The van der Waals surface area contributed by atoms with E-state index in [0.29, 0.717) is 4.75 Å². The molecule has 0 bridgehead atoms. The zero-order valence-electron chi connectivity index (χ0n) is 11.8. The van der Waals surface area contributed by atoms with Crippen LogP contribution in [0.5, 0.6) is 0 Å². The molecule has 18 heavy (non-hydrogen) atoms.